The van der Waals surface area contributed by atoms with E-state index in [0.717, 1.165) is 16.4 Å². The van der Waals surface area contributed by atoms with Gasteiger partial charge in [0.1, 0.15) is 11.3 Å². The van der Waals surface area contributed by atoms with Gasteiger partial charge in [0.05, 0.1) is 37.0 Å². The molecule has 0 bridgehead atoms. The van der Waals surface area contributed by atoms with E-state index in [1.807, 2.05) is 24.3 Å². The highest BCUT2D eigenvalue weighted by molar-refractivity contribution is 7.88. The maximum Gasteiger partial charge on any atom is 0.317 e. The SMILES string of the molecule is CS(=O)(=O)N1Cc2nc3c(N)nc4ccccc4c3n2[C@@H](CCCNC(=O)N2CCOCC2)C1. The van der Waals surface area contributed by atoms with Crippen LogP contribution in [0.1, 0.15) is 24.7 Å². The Morgan fingerprint density at radius 2 is 2.00 bits per heavy atom. The van der Waals surface area contributed by atoms with E-state index in [-0.39, 0.29) is 18.6 Å². The molecular formula is C22H29N7O4S. The van der Waals surface area contributed by atoms with Crippen LogP contribution >= 0.6 is 0 Å². The minimum Gasteiger partial charge on any atom is -0.382 e. The third-order valence-corrected chi connectivity index (χ3v) is 7.70. The quantitative estimate of drug-likeness (QED) is 0.518. The Hall–Kier alpha value is -2.96. The Labute approximate surface area is 197 Å². The molecule has 1 saturated heterocycles. The zero-order valence-corrected chi connectivity index (χ0v) is 19.9. The summed E-state index contributed by atoms with van der Waals surface area (Å²) in [7, 11) is -3.41. The van der Waals surface area contributed by atoms with E-state index < -0.39 is 10.0 Å². The van der Waals surface area contributed by atoms with Crippen LogP contribution in [-0.4, -0.2) is 83.8 Å². The van der Waals surface area contributed by atoms with Crippen LogP contribution in [0.2, 0.25) is 0 Å². The molecule has 2 amide bonds. The smallest absolute Gasteiger partial charge is 0.317 e. The van der Waals surface area contributed by atoms with Gasteiger partial charge in [-0.15, -0.1) is 0 Å². The first-order chi connectivity index (χ1) is 16.3. The van der Waals surface area contributed by atoms with Gasteiger partial charge in [-0.1, -0.05) is 18.2 Å². The first-order valence-corrected chi connectivity index (χ1v) is 13.3. The number of nitrogens with one attached hydrogen (secondary N) is 1. The van der Waals surface area contributed by atoms with Crippen LogP contribution in [0, 0.1) is 0 Å². The molecule has 1 atom stereocenters. The molecule has 0 spiro atoms. The number of nitrogen functional groups attached to an aromatic ring is 1. The molecule has 0 saturated carbocycles. The molecule has 3 aromatic rings. The summed E-state index contributed by atoms with van der Waals surface area (Å²) in [5.41, 5.74) is 8.50. The van der Waals surface area contributed by atoms with Crippen molar-refractivity contribution < 1.29 is 17.9 Å². The van der Waals surface area contributed by atoms with Gasteiger partial charge in [0.25, 0.3) is 0 Å². The number of imidazole rings is 1. The summed E-state index contributed by atoms with van der Waals surface area (Å²) >= 11 is 0. The molecular weight excluding hydrogens is 458 g/mol. The lowest BCUT2D eigenvalue weighted by molar-refractivity contribution is 0.0532. The van der Waals surface area contributed by atoms with Crippen molar-refractivity contribution in [1.82, 2.24) is 29.1 Å². The molecule has 2 aliphatic heterocycles. The third-order valence-electron chi connectivity index (χ3n) is 6.48. The summed E-state index contributed by atoms with van der Waals surface area (Å²) in [4.78, 5) is 23.3. The summed E-state index contributed by atoms with van der Waals surface area (Å²) in [6, 6.07) is 7.52. The average Bonchev–Trinajstić information content (AvgIpc) is 3.22. The average molecular weight is 488 g/mol. The van der Waals surface area contributed by atoms with E-state index in [9.17, 15) is 13.2 Å². The number of aromatic nitrogens is 3. The number of nitrogens with two attached hydrogens (primary N) is 1. The normalized spacial score (nSPS) is 19.4. The number of pyridine rings is 1. The summed E-state index contributed by atoms with van der Waals surface area (Å²) < 4.78 is 33.7. The van der Waals surface area contributed by atoms with Crippen LogP contribution in [0.15, 0.2) is 24.3 Å². The molecule has 0 aliphatic carbocycles. The Bertz CT molecular complexity index is 1330. The highest BCUT2D eigenvalue weighted by Crippen LogP contribution is 2.36. The Morgan fingerprint density at radius 1 is 1.24 bits per heavy atom. The van der Waals surface area contributed by atoms with Crippen molar-refractivity contribution in [2.75, 3.05) is 51.4 Å². The molecule has 0 radical (unpaired) electrons. The Kier molecular flexibility index (Phi) is 6.04. The Balaban J connectivity index is 1.42. The highest BCUT2D eigenvalue weighted by Gasteiger charge is 2.33. The van der Waals surface area contributed by atoms with Crippen molar-refractivity contribution in [1.29, 1.82) is 0 Å². The fourth-order valence-corrected chi connectivity index (χ4v) is 5.59. The van der Waals surface area contributed by atoms with Crippen LogP contribution in [0.5, 0.6) is 0 Å². The molecule has 3 N–H and O–H groups in total. The number of nitrogens with zero attached hydrogens (tertiary/aromatic N) is 5. The fraction of sp³-hybridized carbons (Fsp3) is 0.500. The van der Waals surface area contributed by atoms with Gasteiger partial charge in [-0.25, -0.2) is 23.2 Å². The van der Waals surface area contributed by atoms with Crippen molar-refractivity contribution in [2.24, 2.45) is 0 Å². The maximum atomic E-state index is 12.4. The molecule has 1 aromatic carbocycles. The third kappa shape index (κ3) is 4.28. The topological polar surface area (TPSA) is 136 Å². The van der Waals surface area contributed by atoms with Crippen LogP contribution < -0.4 is 11.1 Å². The summed E-state index contributed by atoms with van der Waals surface area (Å²) in [5, 5.41) is 3.91. The first kappa shape index (κ1) is 22.8. The van der Waals surface area contributed by atoms with Crippen LogP contribution in [-0.2, 0) is 21.3 Å². The number of carbonyl (C=O) groups excluding carboxylic acids is 1. The van der Waals surface area contributed by atoms with E-state index in [2.05, 4.69) is 14.9 Å². The van der Waals surface area contributed by atoms with Crippen LogP contribution in [0.25, 0.3) is 21.9 Å². The van der Waals surface area contributed by atoms with E-state index in [1.165, 1.54) is 10.6 Å². The zero-order valence-electron chi connectivity index (χ0n) is 19.1. The van der Waals surface area contributed by atoms with Gasteiger partial charge in [0.15, 0.2) is 5.82 Å². The maximum absolute atomic E-state index is 12.4. The molecule has 2 aliphatic rings. The van der Waals surface area contributed by atoms with Gasteiger partial charge in [-0.05, 0) is 18.9 Å². The second-order valence-corrected chi connectivity index (χ2v) is 10.8. The predicted molar refractivity (Wildman–Crippen MR) is 129 cm³/mol. The number of hydrogen-bond acceptors (Lipinski definition) is 7. The molecule has 5 rings (SSSR count). The molecule has 11 nitrogen and oxygen atoms in total. The van der Waals surface area contributed by atoms with Crippen molar-refractivity contribution in [3.05, 3.63) is 30.1 Å². The van der Waals surface area contributed by atoms with Gasteiger partial charge >= 0.3 is 6.03 Å². The number of hydrogen-bond donors (Lipinski definition) is 2. The van der Waals surface area contributed by atoms with E-state index in [4.69, 9.17) is 15.5 Å². The van der Waals surface area contributed by atoms with Gasteiger partial charge in [-0.2, -0.15) is 4.31 Å². The molecule has 0 unspecified atom stereocenters. The number of amides is 2. The van der Waals surface area contributed by atoms with Gasteiger partial charge in [0.2, 0.25) is 10.0 Å². The predicted octanol–water partition coefficient (Wildman–Crippen LogP) is 1.31. The molecule has 34 heavy (non-hydrogen) atoms. The first-order valence-electron chi connectivity index (χ1n) is 11.4. The number of carbonyl (C=O) groups is 1. The monoisotopic (exact) mass is 487 g/mol. The van der Waals surface area contributed by atoms with Crippen molar-refractivity contribution in [2.45, 2.75) is 25.4 Å². The van der Waals surface area contributed by atoms with E-state index >= 15 is 0 Å². The number of ether oxygens (including phenoxy) is 1. The minimum atomic E-state index is -3.41. The number of morpholine rings is 1. The largest absolute Gasteiger partial charge is 0.382 e. The number of urea groups is 1. The van der Waals surface area contributed by atoms with Gasteiger partial charge in [0, 0.05) is 37.6 Å². The lowest BCUT2D eigenvalue weighted by Crippen LogP contribution is -2.46. The summed E-state index contributed by atoms with van der Waals surface area (Å²) in [6.07, 6.45) is 2.58. The number of rotatable bonds is 5. The lowest BCUT2D eigenvalue weighted by Gasteiger charge is -2.33. The second-order valence-electron chi connectivity index (χ2n) is 8.79. The van der Waals surface area contributed by atoms with Crippen molar-refractivity contribution in [3.8, 4) is 0 Å². The van der Waals surface area contributed by atoms with Crippen LogP contribution in [0.3, 0.4) is 0 Å². The fourth-order valence-electron chi connectivity index (χ4n) is 4.80. The zero-order chi connectivity index (χ0) is 23.9. The Morgan fingerprint density at radius 3 is 2.76 bits per heavy atom. The van der Waals surface area contributed by atoms with Crippen molar-refractivity contribution in [3.63, 3.8) is 0 Å². The van der Waals surface area contributed by atoms with E-state index in [1.54, 1.807) is 4.90 Å². The lowest BCUT2D eigenvalue weighted by atomic mass is 10.1. The number of benzene rings is 1. The molecule has 4 heterocycles. The second kappa shape index (κ2) is 9.01. The summed E-state index contributed by atoms with van der Waals surface area (Å²) in [6.45, 7) is 3.31. The van der Waals surface area contributed by atoms with E-state index in [0.29, 0.717) is 69.4 Å². The molecule has 1 fully saturated rings. The highest BCUT2D eigenvalue weighted by atomic mass is 32.2. The number of fused-ring (bicyclic) bond motifs is 5. The number of para-hydroxylation sites is 1. The van der Waals surface area contributed by atoms with Gasteiger partial charge < -0.3 is 25.3 Å². The molecule has 182 valence electrons. The summed E-state index contributed by atoms with van der Waals surface area (Å²) in [5.74, 6) is 0.983. The standard InChI is InChI=1S/C22H29N7O4S/c1-34(31,32)28-13-15(5-4-8-24-22(30)27-9-11-33-12-10-27)29-18(14-28)26-19-20(29)16-6-2-3-7-17(16)25-21(19)23/h2-3,6-7,15H,4-5,8-14H2,1H3,(H2,23,25)(H,24,30)/t15-/m0/s1. The van der Waals surface area contributed by atoms with Crippen molar-refractivity contribution >= 4 is 43.8 Å². The minimum absolute atomic E-state index is 0.0941. The van der Waals surface area contributed by atoms with Crippen LogP contribution in [0.4, 0.5) is 10.6 Å². The molecule has 2 aromatic heterocycles. The molecule has 12 heteroatoms. The number of sulfonamides is 1. The number of anilines is 1. The van der Waals surface area contributed by atoms with Gasteiger partial charge in [-0.3, -0.25) is 0 Å².